The van der Waals surface area contributed by atoms with Gasteiger partial charge in [-0.15, -0.1) is 0 Å². The van der Waals surface area contributed by atoms with Gasteiger partial charge in [-0.25, -0.2) is 9.59 Å². The summed E-state index contributed by atoms with van der Waals surface area (Å²) in [6, 6.07) is 1.24. The number of hydrogen-bond acceptors (Lipinski definition) is 8. The molecule has 6 atom stereocenters. The van der Waals surface area contributed by atoms with Crippen molar-refractivity contribution >= 4 is 23.8 Å². The van der Waals surface area contributed by atoms with Crippen LogP contribution in [-0.4, -0.2) is 82.3 Å². The molecule has 1 aromatic rings. The summed E-state index contributed by atoms with van der Waals surface area (Å²) in [5.41, 5.74) is -0.328. The van der Waals surface area contributed by atoms with E-state index in [4.69, 9.17) is 9.47 Å². The Balaban J connectivity index is 1.40. The second kappa shape index (κ2) is 10.6. The molecule has 0 aromatic heterocycles. The molecule has 1 saturated heterocycles. The number of carboxylic acids is 1. The highest BCUT2D eigenvalue weighted by Gasteiger charge is 2.72. The lowest BCUT2D eigenvalue weighted by Gasteiger charge is -2.61. The van der Waals surface area contributed by atoms with Gasteiger partial charge in [-0.3, -0.25) is 9.59 Å². The van der Waals surface area contributed by atoms with Crippen LogP contribution in [0.5, 0.6) is 11.5 Å². The number of aliphatic carboxylic acids is 1. The molecule has 4 N–H and O–H groups in total. The summed E-state index contributed by atoms with van der Waals surface area (Å²) in [5.74, 6) is -1.33. The zero-order valence-corrected chi connectivity index (χ0v) is 24.4. The molecule has 2 bridgehead atoms. The van der Waals surface area contributed by atoms with Crippen molar-refractivity contribution in [2.45, 2.75) is 101 Å². The standard InChI is InChI=1S/C30H41N3O8/c1-15(2)12-18(26(35)31-19(27(36)37)13-16(3)4)32-28(38)40-21-7-6-17-14-22-30(39)9-8-20(34)25-29(30,10-11-33(22)5)23(17)24(21)41-25/h6-7,15-16,18-19,22,25,39H,8-14H2,1-5H3,(H,31,35)(H,32,38)(H,36,37)/t18-,19?,22?,25+,29?,30?/m1/s1. The zero-order valence-electron chi connectivity index (χ0n) is 24.4. The monoisotopic (exact) mass is 571 g/mol. The Morgan fingerprint density at radius 2 is 1.78 bits per heavy atom. The predicted molar refractivity (Wildman–Crippen MR) is 148 cm³/mol. The number of ketones is 1. The van der Waals surface area contributed by atoms with Crippen molar-refractivity contribution in [3.63, 3.8) is 0 Å². The SMILES string of the molecule is CC(C)CC(NC(=O)[C@@H](CC(C)C)NC(=O)Oc1ccc2c3c1O[C@H]1C(=O)CCC4(O)C(C2)N(C)CCC314)C(=O)O. The van der Waals surface area contributed by atoms with Crippen molar-refractivity contribution in [3.05, 3.63) is 23.3 Å². The molecule has 4 aliphatic rings. The molecule has 2 aliphatic carbocycles. The Morgan fingerprint density at radius 1 is 1.10 bits per heavy atom. The Hall–Kier alpha value is -3.18. The third-order valence-corrected chi connectivity index (χ3v) is 9.35. The van der Waals surface area contributed by atoms with E-state index in [1.807, 2.05) is 40.8 Å². The largest absolute Gasteiger partial charge is 0.480 e. The normalized spacial score (nSPS) is 29.4. The maximum atomic E-state index is 13.2. The minimum atomic E-state index is -1.14. The molecule has 4 unspecified atom stereocenters. The average molecular weight is 572 g/mol. The molecule has 2 heterocycles. The summed E-state index contributed by atoms with van der Waals surface area (Å²) in [5, 5.41) is 26.8. The number of likely N-dealkylation sites (tertiary alicyclic amines) is 1. The Bertz CT molecular complexity index is 1260. The van der Waals surface area contributed by atoms with E-state index in [0.29, 0.717) is 31.6 Å². The summed E-state index contributed by atoms with van der Waals surface area (Å²) < 4.78 is 12.0. The maximum Gasteiger partial charge on any atom is 0.413 e. The number of ether oxygens (including phenoxy) is 2. The van der Waals surface area contributed by atoms with Crippen LogP contribution in [0, 0.1) is 11.8 Å². The highest BCUT2D eigenvalue weighted by Crippen LogP contribution is 2.64. The summed E-state index contributed by atoms with van der Waals surface area (Å²) >= 11 is 0. The molecule has 2 aliphatic heterocycles. The number of benzene rings is 1. The summed E-state index contributed by atoms with van der Waals surface area (Å²) in [7, 11) is 2.00. The first-order chi connectivity index (χ1) is 19.3. The molecular weight excluding hydrogens is 530 g/mol. The molecule has 2 fully saturated rings. The lowest BCUT2D eigenvalue weighted by molar-refractivity contribution is -0.185. The minimum Gasteiger partial charge on any atom is -0.480 e. The number of nitrogens with one attached hydrogen (secondary N) is 2. The van der Waals surface area contributed by atoms with Gasteiger partial charge in [0.25, 0.3) is 0 Å². The Morgan fingerprint density at radius 3 is 2.44 bits per heavy atom. The van der Waals surface area contributed by atoms with Crippen LogP contribution >= 0.6 is 0 Å². The van der Waals surface area contributed by atoms with Crippen LogP contribution in [0.4, 0.5) is 4.79 Å². The van der Waals surface area contributed by atoms with Gasteiger partial charge >= 0.3 is 12.1 Å². The number of rotatable bonds is 9. The molecule has 2 amide bonds. The third-order valence-electron chi connectivity index (χ3n) is 9.35. The molecule has 41 heavy (non-hydrogen) atoms. The number of likely N-dealkylation sites (N-methyl/N-ethyl adjacent to an activating group) is 1. The lowest BCUT2D eigenvalue weighted by Crippen LogP contribution is -2.76. The van der Waals surface area contributed by atoms with Gasteiger partial charge in [0.15, 0.2) is 23.4 Å². The Labute approximate surface area is 239 Å². The van der Waals surface area contributed by atoms with Crippen LogP contribution in [0.3, 0.4) is 0 Å². The third kappa shape index (κ3) is 4.76. The van der Waals surface area contributed by atoms with E-state index in [0.717, 1.165) is 11.1 Å². The molecule has 224 valence electrons. The molecule has 1 spiro atoms. The van der Waals surface area contributed by atoms with Gasteiger partial charge in [0.1, 0.15) is 12.1 Å². The average Bonchev–Trinajstić information content (AvgIpc) is 3.24. The fourth-order valence-corrected chi connectivity index (χ4v) is 7.54. The lowest BCUT2D eigenvalue weighted by atomic mass is 9.49. The van der Waals surface area contributed by atoms with E-state index in [9.17, 15) is 29.4 Å². The number of carboxylic acid groups (broad SMARTS) is 1. The minimum absolute atomic E-state index is 0.0208. The summed E-state index contributed by atoms with van der Waals surface area (Å²) in [4.78, 5) is 53.3. The first-order valence-electron chi connectivity index (χ1n) is 14.6. The van der Waals surface area contributed by atoms with Crippen LogP contribution in [0.15, 0.2) is 12.1 Å². The molecule has 0 radical (unpaired) electrons. The molecule has 1 aromatic carbocycles. The molecule has 5 rings (SSSR count). The number of nitrogens with zero attached hydrogens (tertiary/aromatic N) is 1. The van der Waals surface area contributed by atoms with Crippen LogP contribution in [0.1, 0.15) is 70.9 Å². The summed E-state index contributed by atoms with van der Waals surface area (Å²) in [6.07, 6.45) is 0.467. The second-order valence-electron chi connectivity index (χ2n) is 13.0. The fraction of sp³-hybridized carbons (Fsp3) is 0.667. The van der Waals surface area contributed by atoms with Crippen molar-refractivity contribution < 1.29 is 38.9 Å². The molecular formula is C30H41N3O8. The second-order valence-corrected chi connectivity index (χ2v) is 13.0. The van der Waals surface area contributed by atoms with E-state index in [2.05, 4.69) is 15.5 Å². The number of Topliss-reactive ketones (excluding diaryl/α,β-unsaturated/α-hetero) is 1. The van der Waals surface area contributed by atoms with Gasteiger partial charge in [-0.1, -0.05) is 33.8 Å². The van der Waals surface area contributed by atoms with Crippen LogP contribution in [0.2, 0.25) is 0 Å². The van der Waals surface area contributed by atoms with Gasteiger partial charge in [0.05, 0.1) is 11.0 Å². The van der Waals surface area contributed by atoms with Crippen molar-refractivity contribution in [2.24, 2.45) is 11.8 Å². The van der Waals surface area contributed by atoms with Gasteiger partial charge in [0, 0.05) is 18.0 Å². The molecule has 11 heteroatoms. The van der Waals surface area contributed by atoms with Crippen LogP contribution in [-0.2, 0) is 26.2 Å². The highest BCUT2D eigenvalue weighted by atomic mass is 16.6. The van der Waals surface area contributed by atoms with E-state index >= 15 is 0 Å². The Kier molecular flexibility index (Phi) is 7.57. The van der Waals surface area contributed by atoms with Gasteiger partial charge in [-0.05, 0) is 69.2 Å². The number of aliphatic hydroxyl groups is 1. The smallest absolute Gasteiger partial charge is 0.413 e. The topological polar surface area (TPSA) is 154 Å². The fourth-order valence-electron chi connectivity index (χ4n) is 7.54. The maximum absolute atomic E-state index is 13.2. The van der Waals surface area contributed by atoms with Crippen molar-refractivity contribution in [1.82, 2.24) is 15.5 Å². The van der Waals surface area contributed by atoms with E-state index < -0.39 is 47.2 Å². The summed E-state index contributed by atoms with van der Waals surface area (Å²) in [6.45, 7) is 8.21. The molecule has 1 saturated carbocycles. The highest BCUT2D eigenvalue weighted by molar-refractivity contribution is 5.91. The van der Waals surface area contributed by atoms with Crippen molar-refractivity contribution in [2.75, 3.05) is 13.6 Å². The van der Waals surface area contributed by atoms with E-state index in [1.165, 1.54) is 0 Å². The van der Waals surface area contributed by atoms with E-state index in [-0.39, 0.29) is 48.7 Å². The number of amides is 2. The van der Waals surface area contributed by atoms with Gasteiger partial charge < -0.3 is 35.2 Å². The number of carbonyl (C=O) groups is 4. The first-order valence-corrected chi connectivity index (χ1v) is 14.6. The van der Waals surface area contributed by atoms with Crippen molar-refractivity contribution in [3.8, 4) is 11.5 Å². The number of hydrogen-bond donors (Lipinski definition) is 4. The molecule has 11 nitrogen and oxygen atoms in total. The quantitative estimate of drug-likeness (QED) is 0.349. The van der Waals surface area contributed by atoms with E-state index in [1.54, 1.807) is 6.07 Å². The van der Waals surface area contributed by atoms with Crippen LogP contribution < -0.4 is 20.1 Å². The number of carbonyl (C=O) groups excluding carboxylic acids is 3. The zero-order chi connectivity index (χ0) is 29.9. The van der Waals surface area contributed by atoms with Gasteiger partial charge in [0.2, 0.25) is 5.91 Å². The predicted octanol–water partition coefficient (Wildman–Crippen LogP) is 2.16. The first kappa shape index (κ1) is 29.3. The number of piperidine rings is 1. The van der Waals surface area contributed by atoms with Crippen LogP contribution in [0.25, 0.3) is 0 Å². The van der Waals surface area contributed by atoms with Gasteiger partial charge in [-0.2, -0.15) is 0 Å². The van der Waals surface area contributed by atoms with Crippen molar-refractivity contribution in [1.29, 1.82) is 0 Å².